The number of aliphatic hydroxyl groups is 9. The Hall–Kier alpha value is -4.71. The van der Waals surface area contributed by atoms with E-state index in [9.17, 15) is 89.2 Å². The number of nitrogens with one attached hydrogen (secondary N) is 8. The Morgan fingerprint density at radius 1 is 0.357 bits per heavy atom. The first-order chi connectivity index (χ1) is 53.7. The number of hydrogen-bond acceptors (Lipinski definition) is 36. The Morgan fingerprint density at radius 3 is 0.911 bits per heavy atom. The van der Waals surface area contributed by atoms with Crippen molar-refractivity contribution in [2.24, 2.45) is 0 Å². The van der Waals surface area contributed by atoms with E-state index in [1.165, 1.54) is 27.4 Å². The zero-order chi connectivity index (χ0) is 82.5. The Kier molecular flexibility index (Phi) is 55.0. The Morgan fingerprint density at radius 2 is 0.616 bits per heavy atom. The van der Waals surface area contributed by atoms with Crippen LogP contribution in [-0.2, 0) is 135 Å². The average molecular weight is 1670 g/mol. The van der Waals surface area contributed by atoms with Gasteiger partial charge in [-0.3, -0.25) is 38.4 Å². The molecule has 112 heavy (non-hydrogen) atoms. The summed E-state index contributed by atoms with van der Waals surface area (Å²) in [5, 5.41) is 112. The number of carbonyl (C=O) groups is 8. The van der Waals surface area contributed by atoms with E-state index >= 15 is 0 Å². The highest BCUT2D eigenvalue weighted by atomic mass is 32.5. The van der Waals surface area contributed by atoms with Crippen molar-refractivity contribution < 1.29 is 174 Å². The van der Waals surface area contributed by atoms with Crippen LogP contribution < -0.4 is 42.5 Å². The zero-order valence-corrected chi connectivity index (χ0v) is 65.6. The van der Waals surface area contributed by atoms with E-state index in [-0.39, 0.29) is 144 Å². The van der Waals surface area contributed by atoms with Crippen molar-refractivity contribution in [3.05, 3.63) is 0 Å². The van der Waals surface area contributed by atoms with E-state index in [0.717, 1.165) is 0 Å². The Bertz CT molecular complexity index is 2660. The van der Waals surface area contributed by atoms with Crippen molar-refractivity contribution in [1.82, 2.24) is 42.5 Å². The molecule has 18 atom stereocenters. The molecule has 44 nitrogen and oxygen atoms in total. The van der Waals surface area contributed by atoms with Crippen molar-refractivity contribution in [1.29, 1.82) is 0 Å². The van der Waals surface area contributed by atoms with Crippen LogP contribution >= 0.6 is 6.49 Å². The summed E-state index contributed by atoms with van der Waals surface area (Å²) in [6, 6.07) is -6.30. The number of aliphatic hydroxyl groups excluding tert-OH is 9. The molecule has 0 aromatic carbocycles. The molecule has 3 rings (SSSR count). The molecule has 18 N–H and O–H groups in total. The molecule has 3 aliphatic rings. The molecule has 3 saturated heterocycles. The van der Waals surface area contributed by atoms with E-state index in [2.05, 4.69) is 42.5 Å². The van der Waals surface area contributed by atoms with Crippen molar-refractivity contribution >= 4 is 65.6 Å². The van der Waals surface area contributed by atoms with Gasteiger partial charge in [0, 0.05) is 66.3 Å². The second kappa shape index (κ2) is 60.7. The number of rotatable bonds is 65. The zero-order valence-electron chi connectivity index (χ0n) is 63.9. The van der Waals surface area contributed by atoms with Crippen LogP contribution in [0.4, 0.5) is 0 Å². The molecule has 3 aliphatic heterocycles. The molecular weight excluding hydrogens is 1540 g/mol. The molecule has 0 aromatic rings. The fourth-order valence-corrected chi connectivity index (χ4v) is 11.2. The smallest absolute Gasteiger partial charge is 0.242 e. The lowest BCUT2D eigenvalue weighted by Gasteiger charge is -2.42. The highest BCUT2D eigenvalue weighted by Crippen LogP contribution is 2.36. The van der Waals surface area contributed by atoms with E-state index < -0.39 is 184 Å². The molecule has 0 aliphatic carbocycles. The summed E-state index contributed by atoms with van der Waals surface area (Å²) in [4.78, 5) is 113. The molecule has 3 fully saturated rings. The maximum absolute atomic E-state index is 13.8. The van der Waals surface area contributed by atoms with Gasteiger partial charge in [-0.2, -0.15) is 0 Å². The molecule has 0 bridgehead atoms. The van der Waals surface area contributed by atoms with Gasteiger partial charge in [0.1, 0.15) is 85.1 Å². The van der Waals surface area contributed by atoms with Crippen LogP contribution in [0.25, 0.3) is 0 Å². The largest absolute Gasteiger partial charge is 0.394 e. The third-order valence-electron chi connectivity index (χ3n) is 16.2. The third-order valence-corrected chi connectivity index (χ3v) is 17.2. The molecule has 0 saturated carbocycles. The van der Waals surface area contributed by atoms with Crippen LogP contribution in [0, 0.1) is 0 Å². The number of amides is 8. The minimum absolute atomic E-state index is 0.0353. The van der Waals surface area contributed by atoms with Gasteiger partial charge in [0.15, 0.2) is 25.4 Å². The minimum Gasteiger partial charge on any atom is -0.394 e. The molecule has 46 heteroatoms. The summed E-state index contributed by atoms with van der Waals surface area (Å²) in [7, 11) is 0. The maximum atomic E-state index is 13.8. The quantitative estimate of drug-likeness (QED) is 0.0199. The standard InChI is InChI=1S/C66H121N8O36PS/c1-42(78)70-53-59(87)56(84)47(39-75)108-64(53)104-35-31-94-14-10-67-50(81)7-5-45(62(90)68-11-15-95-32-36-105-65-54(71-43(2)79)60(88)57(85)48(40-76)109-65)73-51(82)8-6-46(63(91)69-12-16-96-33-37-106-66-55(72-44(3)80)61(89)58(86)49(41-77)110-66)74-52(83)9-13-93-17-18-97-19-20-98-21-22-99-23-24-100-25-26-101-27-28-102-29-30-103-34-38-107-111(4,92)112/h45-49,53-61,64-66,75-77,84-89H,5-41H2,1-4H3,(H,67,81)(H,68,90)(H,69,91)(H,70,78)(H,71,79)(H,72,80)(H,73,82)(H,74,83)(H,92,112). The van der Waals surface area contributed by atoms with Crippen LogP contribution in [0.5, 0.6) is 0 Å². The summed E-state index contributed by atoms with van der Waals surface area (Å²) in [6.45, 7) is 3.83. The number of ether oxygens (including phenoxy) is 17. The number of carbonyl (C=O) groups excluding carboxylic acids is 8. The van der Waals surface area contributed by atoms with Gasteiger partial charge in [-0.05, 0) is 24.6 Å². The SMILES string of the molecule is CC(=O)NC1C(OCCOCCNC(=O)CCC(NC(=O)CCC(NC(=O)CCOCCOCCOCCOCCOCCOCCOCCOCCOP(C)(O)=S)C(=O)NCCOCCOC2OC(CO)C(O)C(O)C2NC(C)=O)C(=O)NCCOCCOC2OC(CO)C(O)C(O)C2NC(C)=O)OC(CO)C(O)C1O. The van der Waals surface area contributed by atoms with E-state index in [4.69, 9.17) is 96.9 Å². The van der Waals surface area contributed by atoms with Gasteiger partial charge in [0.25, 0.3) is 0 Å². The van der Waals surface area contributed by atoms with Crippen molar-refractivity contribution in [2.75, 3.05) is 218 Å². The first kappa shape index (κ1) is 101. The lowest BCUT2D eigenvalue weighted by Crippen LogP contribution is -2.64. The molecule has 0 spiro atoms. The average Bonchev–Trinajstić information content (AvgIpc) is 0.820. The van der Waals surface area contributed by atoms with Gasteiger partial charge in [0.2, 0.25) is 47.3 Å². The van der Waals surface area contributed by atoms with Gasteiger partial charge >= 0.3 is 0 Å². The van der Waals surface area contributed by atoms with Crippen LogP contribution in [0.3, 0.4) is 0 Å². The highest BCUT2D eigenvalue weighted by Gasteiger charge is 2.48. The molecule has 3 heterocycles. The maximum Gasteiger partial charge on any atom is 0.242 e. The molecule has 18 unspecified atom stereocenters. The first-order valence-electron chi connectivity index (χ1n) is 37.0. The second-order valence-electron chi connectivity index (χ2n) is 25.3. The van der Waals surface area contributed by atoms with Crippen molar-refractivity contribution in [3.8, 4) is 0 Å². The predicted octanol–water partition coefficient (Wildman–Crippen LogP) is -9.73. The summed E-state index contributed by atoms with van der Waals surface area (Å²) < 4.78 is 99.3. The van der Waals surface area contributed by atoms with E-state index in [1.807, 2.05) is 0 Å². The van der Waals surface area contributed by atoms with Crippen molar-refractivity contribution in [3.63, 3.8) is 0 Å². The van der Waals surface area contributed by atoms with Gasteiger partial charge < -0.3 is 178 Å². The summed E-state index contributed by atoms with van der Waals surface area (Å²) in [5.74, 6) is -5.12. The molecule has 0 aromatic heterocycles. The lowest BCUT2D eigenvalue weighted by atomic mass is 9.97. The van der Waals surface area contributed by atoms with Crippen LogP contribution in [0.1, 0.15) is 52.9 Å². The topological polar surface area (TPSA) is 601 Å². The normalized spacial score (nSPS) is 24.9. The minimum atomic E-state index is -2.68. The summed E-state index contributed by atoms with van der Waals surface area (Å²) in [5.41, 5.74) is 0. The van der Waals surface area contributed by atoms with Crippen molar-refractivity contribution in [2.45, 2.75) is 157 Å². The molecule has 8 amide bonds. The fourth-order valence-electron chi connectivity index (χ4n) is 10.6. The van der Waals surface area contributed by atoms with Gasteiger partial charge in [0.05, 0.1) is 192 Å². The second-order valence-corrected chi connectivity index (χ2v) is 29.2. The number of hydrogen-bond donors (Lipinski definition) is 18. The van der Waals surface area contributed by atoms with Crippen LogP contribution in [-0.4, -0.2) is 420 Å². The molecular formula is C66H121N8O36PS. The van der Waals surface area contributed by atoms with Crippen LogP contribution in [0.2, 0.25) is 0 Å². The van der Waals surface area contributed by atoms with Gasteiger partial charge in [-0.15, -0.1) is 0 Å². The van der Waals surface area contributed by atoms with E-state index in [0.29, 0.717) is 72.7 Å². The van der Waals surface area contributed by atoms with E-state index in [1.54, 1.807) is 0 Å². The highest BCUT2D eigenvalue weighted by molar-refractivity contribution is 8.09. The van der Waals surface area contributed by atoms with Gasteiger partial charge in [-0.25, -0.2) is 0 Å². The Balaban J connectivity index is 1.53. The molecule has 0 radical (unpaired) electrons. The summed E-state index contributed by atoms with van der Waals surface area (Å²) >= 11 is 4.79. The van der Waals surface area contributed by atoms with Gasteiger partial charge in [-0.1, -0.05) is 0 Å². The predicted molar refractivity (Wildman–Crippen MR) is 387 cm³/mol. The van der Waals surface area contributed by atoms with Crippen LogP contribution in [0.15, 0.2) is 0 Å². The third kappa shape index (κ3) is 44.6. The Labute approximate surface area is 654 Å². The lowest BCUT2D eigenvalue weighted by molar-refractivity contribution is -0.272. The fraction of sp³-hybridized carbons (Fsp3) is 0.879. The molecule has 652 valence electrons. The summed E-state index contributed by atoms with van der Waals surface area (Å²) in [6.07, 6.45) is -18.3. The monoisotopic (exact) mass is 1660 g/mol. The first-order valence-corrected chi connectivity index (χ1v) is 40.1.